The largest absolute Gasteiger partial charge is 0.361 e. The van der Waals surface area contributed by atoms with Gasteiger partial charge in [0, 0.05) is 43.9 Å². The third-order valence-corrected chi connectivity index (χ3v) is 4.20. The molecule has 1 aliphatic heterocycles. The second-order valence-corrected chi connectivity index (χ2v) is 5.49. The van der Waals surface area contributed by atoms with Gasteiger partial charge in [-0.1, -0.05) is 12.1 Å². The Kier molecular flexibility index (Phi) is 4.19. The van der Waals surface area contributed by atoms with Crippen molar-refractivity contribution in [2.75, 3.05) is 26.2 Å². The van der Waals surface area contributed by atoms with Crippen molar-refractivity contribution < 1.29 is 0 Å². The number of nitrogens with zero attached hydrogens (tertiary/aromatic N) is 1. The summed E-state index contributed by atoms with van der Waals surface area (Å²) in [6, 6.07) is 9.47. The molecule has 2 N–H and O–H groups in total. The van der Waals surface area contributed by atoms with Crippen molar-refractivity contribution in [3.63, 3.8) is 0 Å². The van der Waals surface area contributed by atoms with Gasteiger partial charge in [-0.25, -0.2) is 0 Å². The molecule has 0 amide bonds. The highest BCUT2D eigenvalue weighted by Gasteiger charge is 2.21. The predicted octanol–water partition coefficient (Wildman–Crippen LogP) is 3.08. The molecule has 1 aromatic carbocycles. The number of fused-ring (bicyclic) bond motifs is 1. The average molecular weight is 269 g/mol. The van der Waals surface area contributed by atoms with Crippen molar-refractivity contribution in [1.29, 1.82) is 0 Å². The molecule has 0 bridgehead atoms. The number of rotatable bonds is 5. The molecule has 1 aromatic heterocycles. The molecule has 0 aliphatic carbocycles. The first-order valence-electron chi connectivity index (χ1n) is 7.51. The Bertz CT molecular complexity index is 566. The van der Waals surface area contributed by atoms with E-state index in [0.717, 1.165) is 39.0 Å². The first kappa shape index (κ1) is 13.4. The number of nitrogens with one attached hydrogen (secondary N) is 2. The lowest BCUT2D eigenvalue weighted by molar-refractivity contribution is 0.166. The zero-order chi connectivity index (χ0) is 13.8. The van der Waals surface area contributed by atoms with E-state index in [2.05, 4.69) is 46.0 Å². The van der Waals surface area contributed by atoms with Crippen LogP contribution in [0.1, 0.15) is 24.4 Å². The monoisotopic (exact) mass is 269 g/mol. The number of H-pyrrole nitrogens is 1. The maximum absolute atomic E-state index is 3.88. The van der Waals surface area contributed by atoms with Crippen molar-refractivity contribution in [2.24, 2.45) is 0 Å². The van der Waals surface area contributed by atoms with Crippen LogP contribution in [0.3, 0.4) is 0 Å². The van der Waals surface area contributed by atoms with Gasteiger partial charge in [-0.3, -0.25) is 4.90 Å². The molecule has 0 saturated carbocycles. The normalized spacial score (nSPS) is 18.2. The molecule has 106 valence electrons. The van der Waals surface area contributed by atoms with Crippen LogP contribution >= 0.6 is 0 Å². The summed E-state index contributed by atoms with van der Waals surface area (Å²) in [5, 5.41) is 4.74. The summed E-state index contributed by atoms with van der Waals surface area (Å²) in [5.41, 5.74) is 2.65. The lowest BCUT2D eigenvalue weighted by Gasteiger charge is -2.35. The van der Waals surface area contributed by atoms with Crippen LogP contribution in [0.2, 0.25) is 0 Å². The third-order valence-electron chi connectivity index (χ3n) is 4.20. The molecule has 3 rings (SSSR count). The van der Waals surface area contributed by atoms with Crippen molar-refractivity contribution in [3.05, 3.63) is 48.7 Å². The summed E-state index contributed by atoms with van der Waals surface area (Å²) in [4.78, 5) is 5.87. The first-order chi connectivity index (χ1) is 9.88. The Morgan fingerprint density at radius 2 is 2.10 bits per heavy atom. The summed E-state index contributed by atoms with van der Waals surface area (Å²) < 4.78 is 0. The molecule has 3 heteroatoms. The molecule has 0 unspecified atom stereocenters. The van der Waals surface area contributed by atoms with Crippen LogP contribution in [0.15, 0.2) is 43.1 Å². The van der Waals surface area contributed by atoms with E-state index in [1.54, 1.807) is 0 Å². The third kappa shape index (κ3) is 2.79. The van der Waals surface area contributed by atoms with Crippen LogP contribution in [0, 0.1) is 0 Å². The standard InChI is InChI=1S/C17H23N3/c1-2-3-4-17(20-11-9-18-10-12-20)15-5-6-16-14(13-15)7-8-19-16/h2,5-8,13,17-19H,1,3-4,9-12H2/t17-/m1/s1. The van der Waals surface area contributed by atoms with Crippen LogP contribution in [0.5, 0.6) is 0 Å². The molecular formula is C17H23N3. The molecule has 20 heavy (non-hydrogen) atoms. The number of piperazine rings is 1. The van der Waals surface area contributed by atoms with Crippen LogP contribution in [-0.4, -0.2) is 36.1 Å². The highest BCUT2D eigenvalue weighted by atomic mass is 15.2. The van der Waals surface area contributed by atoms with Crippen LogP contribution < -0.4 is 5.32 Å². The Morgan fingerprint density at radius 3 is 2.90 bits per heavy atom. The molecule has 1 aliphatic rings. The van der Waals surface area contributed by atoms with E-state index >= 15 is 0 Å². The van der Waals surface area contributed by atoms with Gasteiger partial charge in [0.05, 0.1) is 0 Å². The van der Waals surface area contributed by atoms with Crippen molar-refractivity contribution in [1.82, 2.24) is 15.2 Å². The lowest BCUT2D eigenvalue weighted by atomic mass is 9.98. The highest BCUT2D eigenvalue weighted by molar-refractivity contribution is 5.80. The molecule has 3 nitrogen and oxygen atoms in total. The summed E-state index contributed by atoms with van der Waals surface area (Å²) in [6.07, 6.45) is 6.27. The van der Waals surface area contributed by atoms with Crippen LogP contribution in [0.25, 0.3) is 10.9 Å². The fraction of sp³-hybridized carbons (Fsp3) is 0.412. The van der Waals surface area contributed by atoms with E-state index in [-0.39, 0.29) is 0 Å². The van der Waals surface area contributed by atoms with Gasteiger partial charge in [-0.05, 0) is 42.0 Å². The molecule has 2 aromatic rings. The Labute approximate surface area is 120 Å². The van der Waals surface area contributed by atoms with Crippen LogP contribution in [0.4, 0.5) is 0 Å². The van der Waals surface area contributed by atoms with Gasteiger partial charge in [0.15, 0.2) is 0 Å². The Hall–Kier alpha value is -1.58. The molecule has 1 fully saturated rings. The van der Waals surface area contributed by atoms with Gasteiger partial charge < -0.3 is 10.3 Å². The molecule has 0 radical (unpaired) electrons. The fourth-order valence-electron chi connectivity index (χ4n) is 3.11. The van der Waals surface area contributed by atoms with E-state index in [1.165, 1.54) is 16.5 Å². The quantitative estimate of drug-likeness (QED) is 0.817. The van der Waals surface area contributed by atoms with E-state index < -0.39 is 0 Å². The number of hydrogen-bond donors (Lipinski definition) is 2. The molecular weight excluding hydrogens is 246 g/mol. The molecule has 1 atom stereocenters. The number of hydrogen-bond acceptors (Lipinski definition) is 2. The second kappa shape index (κ2) is 6.25. The van der Waals surface area contributed by atoms with Crippen molar-refractivity contribution in [3.8, 4) is 0 Å². The van der Waals surface area contributed by atoms with Gasteiger partial charge >= 0.3 is 0 Å². The van der Waals surface area contributed by atoms with Gasteiger partial charge in [-0.2, -0.15) is 0 Å². The van der Waals surface area contributed by atoms with Gasteiger partial charge in [0.1, 0.15) is 0 Å². The average Bonchev–Trinajstić information content (AvgIpc) is 2.96. The zero-order valence-corrected chi connectivity index (χ0v) is 11.9. The smallest absolute Gasteiger partial charge is 0.0454 e. The van der Waals surface area contributed by atoms with Gasteiger partial charge in [-0.15, -0.1) is 6.58 Å². The maximum Gasteiger partial charge on any atom is 0.0454 e. The van der Waals surface area contributed by atoms with Crippen molar-refractivity contribution >= 4 is 10.9 Å². The number of aromatic amines is 1. The van der Waals surface area contributed by atoms with E-state index in [9.17, 15) is 0 Å². The van der Waals surface area contributed by atoms with Gasteiger partial charge in [0.25, 0.3) is 0 Å². The van der Waals surface area contributed by atoms with E-state index in [1.807, 2.05) is 12.3 Å². The maximum atomic E-state index is 3.88. The van der Waals surface area contributed by atoms with E-state index in [4.69, 9.17) is 0 Å². The summed E-state index contributed by atoms with van der Waals surface area (Å²) >= 11 is 0. The minimum atomic E-state index is 0.509. The van der Waals surface area contributed by atoms with E-state index in [0.29, 0.717) is 6.04 Å². The van der Waals surface area contributed by atoms with Gasteiger partial charge in [0.2, 0.25) is 0 Å². The lowest BCUT2D eigenvalue weighted by Crippen LogP contribution is -2.45. The highest BCUT2D eigenvalue weighted by Crippen LogP contribution is 2.28. The SMILES string of the molecule is C=CCC[C@H](c1ccc2[nH]ccc2c1)N1CCNCC1. The number of aromatic nitrogens is 1. The molecule has 0 spiro atoms. The van der Waals surface area contributed by atoms with Crippen molar-refractivity contribution in [2.45, 2.75) is 18.9 Å². The summed E-state index contributed by atoms with van der Waals surface area (Å²) in [6.45, 7) is 8.33. The topological polar surface area (TPSA) is 31.1 Å². The fourth-order valence-corrected chi connectivity index (χ4v) is 3.11. The molecule has 1 saturated heterocycles. The van der Waals surface area contributed by atoms with Crippen LogP contribution in [-0.2, 0) is 0 Å². The minimum absolute atomic E-state index is 0.509. The first-order valence-corrected chi connectivity index (χ1v) is 7.51. The Morgan fingerprint density at radius 1 is 1.25 bits per heavy atom. The minimum Gasteiger partial charge on any atom is -0.361 e. The zero-order valence-electron chi connectivity index (χ0n) is 11.9. The summed E-state index contributed by atoms with van der Waals surface area (Å²) in [7, 11) is 0. The second-order valence-electron chi connectivity index (χ2n) is 5.49. The molecule has 2 heterocycles. The summed E-state index contributed by atoms with van der Waals surface area (Å²) in [5.74, 6) is 0. The number of benzene rings is 1. The number of allylic oxidation sites excluding steroid dienone is 1. The Balaban J connectivity index is 1.87. The predicted molar refractivity (Wildman–Crippen MR) is 84.9 cm³/mol.